The van der Waals surface area contributed by atoms with E-state index >= 15 is 0 Å². The van der Waals surface area contributed by atoms with E-state index in [0.717, 1.165) is 32.8 Å². The molecular formula is C14H29NO2. The normalized spacial score (nSPS) is 22.1. The molecule has 0 bridgehead atoms. The van der Waals surface area contributed by atoms with Gasteiger partial charge in [-0.05, 0) is 19.3 Å². The molecule has 0 saturated carbocycles. The maximum atomic E-state index is 5.81. The van der Waals surface area contributed by atoms with Crippen LogP contribution < -0.4 is 5.32 Å². The van der Waals surface area contributed by atoms with Crippen LogP contribution in [0.4, 0.5) is 0 Å². The van der Waals surface area contributed by atoms with Gasteiger partial charge in [-0.2, -0.15) is 0 Å². The second-order valence-corrected chi connectivity index (χ2v) is 6.20. The van der Waals surface area contributed by atoms with Gasteiger partial charge in [0, 0.05) is 24.6 Å². The van der Waals surface area contributed by atoms with Crippen molar-refractivity contribution in [1.82, 2.24) is 5.32 Å². The zero-order valence-corrected chi connectivity index (χ0v) is 11.9. The molecule has 0 aromatic rings. The van der Waals surface area contributed by atoms with Crippen LogP contribution in [-0.4, -0.2) is 38.5 Å². The summed E-state index contributed by atoms with van der Waals surface area (Å²) in [6.07, 6.45) is 3.98. The minimum absolute atomic E-state index is 0.193. The van der Waals surface area contributed by atoms with Crippen LogP contribution >= 0.6 is 0 Å². The third kappa shape index (κ3) is 7.02. The van der Waals surface area contributed by atoms with Gasteiger partial charge in [0.25, 0.3) is 0 Å². The third-order valence-electron chi connectivity index (χ3n) is 3.06. The first-order chi connectivity index (χ1) is 7.99. The molecule has 0 radical (unpaired) electrons. The highest BCUT2D eigenvalue weighted by Gasteiger charge is 2.20. The maximum Gasteiger partial charge on any atom is 0.0808 e. The summed E-state index contributed by atoms with van der Waals surface area (Å²) in [6, 6.07) is 0.538. The number of hydrogen-bond donors (Lipinski definition) is 1. The van der Waals surface area contributed by atoms with Crippen LogP contribution in [0.15, 0.2) is 0 Å². The molecule has 17 heavy (non-hydrogen) atoms. The van der Waals surface area contributed by atoms with E-state index in [4.69, 9.17) is 9.47 Å². The van der Waals surface area contributed by atoms with E-state index in [1.165, 1.54) is 12.8 Å². The molecule has 1 N–H and O–H groups in total. The fraction of sp³-hybridized carbons (Fsp3) is 1.00. The van der Waals surface area contributed by atoms with Gasteiger partial charge in [-0.3, -0.25) is 0 Å². The van der Waals surface area contributed by atoms with Crippen LogP contribution in [0.2, 0.25) is 0 Å². The van der Waals surface area contributed by atoms with Crippen LogP contribution in [0.5, 0.6) is 0 Å². The first-order valence-corrected chi connectivity index (χ1v) is 6.92. The van der Waals surface area contributed by atoms with Crippen LogP contribution in [0.1, 0.15) is 47.0 Å². The molecule has 1 rings (SSSR count). The third-order valence-corrected chi connectivity index (χ3v) is 3.06. The van der Waals surface area contributed by atoms with Gasteiger partial charge in [0.05, 0.1) is 19.3 Å². The fourth-order valence-electron chi connectivity index (χ4n) is 1.94. The summed E-state index contributed by atoms with van der Waals surface area (Å²) in [5.41, 5.74) is 0.193. The minimum Gasteiger partial charge on any atom is -0.378 e. The number of rotatable bonds is 7. The highest BCUT2D eigenvalue weighted by molar-refractivity contribution is 4.73. The molecule has 0 aromatic carbocycles. The van der Waals surface area contributed by atoms with Crippen LogP contribution in [-0.2, 0) is 9.47 Å². The van der Waals surface area contributed by atoms with Crippen molar-refractivity contribution in [2.75, 3.05) is 26.4 Å². The maximum absolute atomic E-state index is 5.81. The SMILES string of the molecule is CC(C)NCC(C)(C)COCC1CCCCO1. The summed E-state index contributed by atoms with van der Waals surface area (Å²) in [6.45, 7) is 12.3. The molecule has 1 aliphatic heterocycles. The average molecular weight is 243 g/mol. The fourth-order valence-corrected chi connectivity index (χ4v) is 1.94. The Morgan fingerprint density at radius 1 is 1.35 bits per heavy atom. The lowest BCUT2D eigenvalue weighted by molar-refractivity contribution is -0.0547. The lowest BCUT2D eigenvalue weighted by Crippen LogP contribution is -2.37. The van der Waals surface area contributed by atoms with E-state index < -0.39 is 0 Å². The highest BCUT2D eigenvalue weighted by atomic mass is 16.5. The Hall–Kier alpha value is -0.120. The van der Waals surface area contributed by atoms with Gasteiger partial charge >= 0.3 is 0 Å². The van der Waals surface area contributed by atoms with Gasteiger partial charge in [-0.15, -0.1) is 0 Å². The smallest absolute Gasteiger partial charge is 0.0808 e. The summed E-state index contributed by atoms with van der Waals surface area (Å²) in [7, 11) is 0. The minimum atomic E-state index is 0.193. The van der Waals surface area contributed by atoms with Gasteiger partial charge in [0.2, 0.25) is 0 Å². The van der Waals surface area contributed by atoms with Crippen molar-refractivity contribution >= 4 is 0 Å². The van der Waals surface area contributed by atoms with Gasteiger partial charge in [-0.25, -0.2) is 0 Å². The van der Waals surface area contributed by atoms with Gasteiger partial charge in [0.1, 0.15) is 0 Å². The molecule has 0 aliphatic carbocycles. The molecule has 1 aliphatic rings. The van der Waals surface area contributed by atoms with E-state index in [9.17, 15) is 0 Å². The van der Waals surface area contributed by atoms with E-state index in [-0.39, 0.29) is 5.41 Å². The topological polar surface area (TPSA) is 30.5 Å². The number of ether oxygens (including phenoxy) is 2. The van der Waals surface area contributed by atoms with Gasteiger partial charge in [-0.1, -0.05) is 27.7 Å². The van der Waals surface area contributed by atoms with Crippen molar-refractivity contribution in [3.05, 3.63) is 0 Å². The summed E-state index contributed by atoms with van der Waals surface area (Å²) in [5, 5.41) is 3.46. The molecule has 102 valence electrons. The molecule has 0 amide bonds. The van der Waals surface area contributed by atoms with Crippen molar-refractivity contribution < 1.29 is 9.47 Å². The summed E-state index contributed by atoms with van der Waals surface area (Å²) in [5.74, 6) is 0. The van der Waals surface area contributed by atoms with Crippen LogP contribution in [0, 0.1) is 5.41 Å². The summed E-state index contributed by atoms with van der Waals surface area (Å²) < 4.78 is 11.5. The Labute approximate surface area is 106 Å². The average Bonchev–Trinajstić information content (AvgIpc) is 2.28. The van der Waals surface area contributed by atoms with Crippen molar-refractivity contribution in [2.24, 2.45) is 5.41 Å². The highest BCUT2D eigenvalue weighted by Crippen LogP contribution is 2.17. The molecular weight excluding hydrogens is 214 g/mol. The van der Waals surface area contributed by atoms with Gasteiger partial charge in [0.15, 0.2) is 0 Å². The largest absolute Gasteiger partial charge is 0.378 e. The van der Waals surface area contributed by atoms with E-state index in [2.05, 4.69) is 33.0 Å². The molecule has 1 atom stereocenters. The molecule has 0 aromatic heterocycles. The van der Waals surface area contributed by atoms with E-state index in [0.29, 0.717) is 12.1 Å². The van der Waals surface area contributed by atoms with Crippen molar-refractivity contribution in [3.63, 3.8) is 0 Å². The van der Waals surface area contributed by atoms with Crippen molar-refractivity contribution in [3.8, 4) is 0 Å². The second-order valence-electron chi connectivity index (χ2n) is 6.20. The van der Waals surface area contributed by atoms with Crippen LogP contribution in [0.3, 0.4) is 0 Å². The summed E-state index contributed by atoms with van der Waals surface area (Å²) >= 11 is 0. The monoisotopic (exact) mass is 243 g/mol. The van der Waals surface area contributed by atoms with Crippen molar-refractivity contribution in [1.29, 1.82) is 0 Å². The zero-order valence-electron chi connectivity index (χ0n) is 11.9. The first kappa shape index (κ1) is 14.9. The Balaban J connectivity index is 2.10. The number of hydrogen-bond acceptors (Lipinski definition) is 3. The Bertz CT molecular complexity index is 198. The standard InChI is InChI=1S/C14H29NO2/c1-12(2)15-10-14(3,4)11-16-9-13-7-5-6-8-17-13/h12-13,15H,5-11H2,1-4H3. The Morgan fingerprint density at radius 2 is 2.12 bits per heavy atom. The Kier molecular flexibility index (Phi) is 6.45. The zero-order chi connectivity index (χ0) is 12.7. The predicted octanol–water partition coefficient (Wildman–Crippen LogP) is 2.60. The molecule has 3 nitrogen and oxygen atoms in total. The van der Waals surface area contributed by atoms with Crippen molar-refractivity contribution in [2.45, 2.75) is 59.1 Å². The first-order valence-electron chi connectivity index (χ1n) is 6.92. The Morgan fingerprint density at radius 3 is 2.71 bits per heavy atom. The molecule has 1 fully saturated rings. The molecule has 1 unspecified atom stereocenters. The van der Waals surface area contributed by atoms with E-state index in [1.807, 2.05) is 0 Å². The quantitative estimate of drug-likeness (QED) is 0.745. The summed E-state index contributed by atoms with van der Waals surface area (Å²) in [4.78, 5) is 0. The number of nitrogens with one attached hydrogen (secondary N) is 1. The van der Waals surface area contributed by atoms with Gasteiger partial charge < -0.3 is 14.8 Å². The molecule has 1 heterocycles. The predicted molar refractivity (Wildman–Crippen MR) is 71.3 cm³/mol. The van der Waals surface area contributed by atoms with E-state index in [1.54, 1.807) is 0 Å². The van der Waals surface area contributed by atoms with Crippen LogP contribution in [0.25, 0.3) is 0 Å². The molecule has 0 spiro atoms. The lowest BCUT2D eigenvalue weighted by atomic mass is 9.94. The lowest BCUT2D eigenvalue weighted by Gasteiger charge is -2.28. The molecule has 1 saturated heterocycles. The second kappa shape index (κ2) is 7.34. The molecule has 3 heteroatoms.